The summed E-state index contributed by atoms with van der Waals surface area (Å²) in [6.07, 6.45) is 2.35. The summed E-state index contributed by atoms with van der Waals surface area (Å²) in [6.45, 7) is 4.07. The van der Waals surface area contributed by atoms with Gasteiger partial charge in [0, 0.05) is 44.5 Å². The standard InChI is InChI=1S/C23H22F2N8O4S/c24-13-1-2-15(25)16(9-13)30-21(34)31-22-27-12-19(38-22)17-10-18(14-11-28-32-20(14)29-17)37-23(35)26-3-4-33-5-7-36-8-6-33/h1-2,9-12H,3-8H2,(H,26,35)(H,28,29,32)(H2,27,30,31,34). The summed E-state index contributed by atoms with van der Waals surface area (Å²) in [7, 11) is 0. The molecule has 1 saturated heterocycles. The zero-order chi connectivity index (χ0) is 26.5. The maximum atomic E-state index is 13.8. The SMILES string of the molecule is O=C(Nc1ncc(-c2cc(OC(=O)NCCN3CCOCC3)c3cn[nH]c3n2)s1)Nc1cc(F)ccc1F. The van der Waals surface area contributed by atoms with Crippen molar-refractivity contribution in [3.05, 3.63) is 48.3 Å². The maximum Gasteiger partial charge on any atom is 0.412 e. The van der Waals surface area contributed by atoms with Crippen molar-refractivity contribution in [3.8, 4) is 16.3 Å². The maximum absolute atomic E-state index is 13.8. The topological polar surface area (TPSA) is 146 Å². The zero-order valence-corrected chi connectivity index (χ0v) is 20.6. The molecule has 1 aromatic carbocycles. The highest BCUT2D eigenvalue weighted by Gasteiger charge is 2.17. The second-order valence-corrected chi connectivity index (χ2v) is 9.17. The number of carbonyl (C=O) groups excluding carboxylic acids is 2. The number of aromatic nitrogens is 4. The van der Waals surface area contributed by atoms with Gasteiger partial charge in [0.25, 0.3) is 0 Å². The number of urea groups is 1. The van der Waals surface area contributed by atoms with Crippen LogP contribution in [0, 0.1) is 11.6 Å². The Morgan fingerprint density at radius 1 is 1.16 bits per heavy atom. The van der Waals surface area contributed by atoms with Crippen LogP contribution >= 0.6 is 11.3 Å². The van der Waals surface area contributed by atoms with Gasteiger partial charge in [0.05, 0.1) is 41.1 Å². The first-order chi connectivity index (χ1) is 18.4. The number of carbonyl (C=O) groups is 2. The highest BCUT2D eigenvalue weighted by molar-refractivity contribution is 7.19. The number of hydrogen-bond donors (Lipinski definition) is 4. The van der Waals surface area contributed by atoms with Gasteiger partial charge in [0.15, 0.2) is 10.8 Å². The van der Waals surface area contributed by atoms with Crippen molar-refractivity contribution < 1.29 is 27.8 Å². The number of pyridine rings is 1. The molecular formula is C23H22F2N8O4S. The van der Waals surface area contributed by atoms with Crippen LogP contribution in [0.4, 0.5) is 29.2 Å². The van der Waals surface area contributed by atoms with Crippen molar-refractivity contribution in [2.24, 2.45) is 0 Å². The lowest BCUT2D eigenvalue weighted by Gasteiger charge is -2.26. The van der Waals surface area contributed by atoms with Gasteiger partial charge >= 0.3 is 12.1 Å². The minimum Gasteiger partial charge on any atom is -0.409 e. The molecule has 0 bridgehead atoms. The van der Waals surface area contributed by atoms with Gasteiger partial charge in [-0.15, -0.1) is 0 Å². The summed E-state index contributed by atoms with van der Waals surface area (Å²) >= 11 is 1.08. The van der Waals surface area contributed by atoms with E-state index in [1.54, 1.807) is 6.07 Å². The predicted octanol–water partition coefficient (Wildman–Crippen LogP) is 3.42. The molecule has 5 rings (SSSR count). The fourth-order valence-corrected chi connectivity index (χ4v) is 4.45. The van der Waals surface area contributed by atoms with Crippen molar-refractivity contribution in [3.63, 3.8) is 0 Å². The molecule has 198 valence electrons. The number of rotatable bonds is 7. The molecule has 15 heteroatoms. The summed E-state index contributed by atoms with van der Waals surface area (Å²) in [6, 6.07) is 3.49. The molecule has 0 aliphatic carbocycles. The molecule has 4 heterocycles. The lowest BCUT2D eigenvalue weighted by molar-refractivity contribution is 0.0385. The van der Waals surface area contributed by atoms with Gasteiger partial charge in [-0.1, -0.05) is 11.3 Å². The second-order valence-electron chi connectivity index (χ2n) is 8.14. The average Bonchev–Trinajstić information content (AvgIpc) is 3.57. The van der Waals surface area contributed by atoms with Crippen molar-refractivity contribution in [1.82, 2.24) is 30.4 Å². The normalized spacial score (nSPS) is 13.8. The van der Waals surface area contributed by atoms with Crippen LogP contribution in [0.15, 0.2) is 36.7 Å². The van der Waals surface area contributed by atoms with Gasteiger partial charge in [0.1, 0.15) is 17.4 Å². The molecular weight excluding hydrogens is 522 g/mol. The minimum absolute atomic E-state index is 0.184. The van der Waals surface area contributed by atoms with E-state index in [0.717, 1.165) is 42.6 Å². The fraction of sp³-hybridized carbons (Fsp3) is 0.261. The second kappa shape index (κ2) is 11.5. The molecule has 0 unspecified atom stereocenters. The summed E-state index contributed by atoms with van der Waals surface area (Å²) < 4.78 is 38.0. The smallest absolute Gasteiger partial charge is 0.409 e. The third-order valence-corrected chi connectivity index (χ3v) is 6.48. The van der Waals surface area contributed by atoms with Crippen molar-refractivity contribution in [2.75, 3.05) is 50.0 Å². The van der Waals surface area contributed by atoms with E-state index < -0.39 is 23.8 Å². The molecule has 3 aromatic heterocycles. The average molecular weight is 545 g/mol. The minimum atomic E-state index is -0.801. The molecule has 38 heavy (non-hydrogen) atoms. The van der Waals surface area contributed by atoms with Crippen LogP contribution in [0.2, 0.25) is 0 Å². The molecule has 1 aliphatic rings. The predicted molar refractivity (Wildman–Crippen MR) is 135 cm³/mol. The Morgan fingerprint density at radius 3 is 2.84 bits per heavy atom. The fourth-order valence-electron chi connectivity index (χ4n) is 3.68. The zero-order valence-electron chi connectivity index (χ0n) is 19.8. The van der Waals surface area contributed by atoms with Crippen LogP contribution in [-0.2, 0) is 4.74 Å². The quantitative estimate of drug-likeness (QED) is 0.277. The number of amides is 3. The highest BCUT2D eigenvalue weighted by atomic mass is 32.1. The monoisotopic (exact) mass is 544 g/mol. The van der Waals surface area contributed by atoms with Crippen LogP contribution in [0.1, 0.15) is 0 Å². The van der Waals surface area contributed by atoms with Crippen LogP contribution in [0.25, 0.3) is 21.6 Å². The molecule has 0 saturated carbocycles. The number of thiazole rings is 1. The molecule has 12 nitrogen and oxygen atoms in total. The van der Waals surface area contributed by atoms with E-state index in [9.17, 15) is 18.4 Å². The molecule has 4 N–H and O–H groups in total. The van der Waals surface area contributed by atoms with E-state index in [4.69, 9.17) is 9.47 Å². The number of ether oxygens (including phenoxy) is 2. The number of nitrogens with one attached hydrogen (secondary N) is 4. The third-order valence-electron chi connectivity index (χ3n) is 5.54. The summed E-state index contributed by atoms with van der Waals surface area (Å²) in [5, 5.41) is 14.9. The number of benzene rings is 1. The first-order valence-electron chi connectivity index (χ1n) is 11.5. The van der Waals surface area contributed by atoms with E-state index in [2.05, 4.69) is 41.0 Å². The van der Waals surface area contributed by atoms with Gasteiger partial charge in [-0.3, -0.25) is 15.3 Å². The summed E-state index contributed by atoms with van der Waals surface area (Å²) in [5.41, 5.74) is 0.497. The molecule has 1 aliphatic heterocycles. The number of hydrogen-bond acceptors (Lipinski definition) is 9. The van der Waals surface area contributed by atoms with Gasteiger partial charge in [0.2, 0.25) is 0 Å². The Labute approximate surface area is 218 Å². The first-order valence-corrected chi connectivity index (χ1v) is 12.4. The number of nitrogens with zero attached hydrogens (tertiary/aromatic N) is 4. The third kappa shape index (κ3) is 6.19. The van der Waals surface area contributed by atoms with Crippen LogP contribution < -0.4 is 20.7 Å². The van der Waals surface area contributed by atoms with E-state index in [-0.39, 0.29) is 16.6 Å². The largest absolute Gasteiger partial charge is 0.412 e. The number of fused-ring (bicyclic) bond motifs is 1. The number of aromatic amines is 1. The molecule has 3 amide bonds. The van der Waals surface area contributed by atoms with Crippen molar-refractivity contribution in [2.45, 2.75) is 0 Å². The van der Waals surface area contributed by atoms with E-state index in [1.165, 1.54) is 12.4 Å². The summed E-state index contributed by atoms with van der Waals surface area (Å²) in [4.78, 5) is 36.0. The van der Waals surface area contributed by atoms with Gasteiger partial charge in [-0.2, -0.15) is 5.10 Å². The van der Waals surface area contributed by atoms with Gasteiger partial charge in [-0.05, 0) is 12.1 Å². The number of morpholine rings is 1. The lowest BCUT2D eigenvalue weighted by Crippen LogP contribution is -2.41. The van der Waals surface area contributed by atoms with Crippen LogP contribution in [-0.4, -0.2) is 76.6 Å². The number of halogens is 2. The Bertz CT molecular complexity index is 1460. The van der Waals surface area contributed by atoms with Gasteiger partial charge in [-0.25, -0.2) is 28.3 Å². The highest BCUT2D eigenvalue weighted by Crippen LogP contribution is 2.33. The molecule has 0 radical (unpaired) electrons. The van der Waals surface area contributed by atoms with Gasteiger partial charge < -0.3 is 20.1 Å². The number of H-pyrrole nitrogens is 1. The van der Waals surface area contributed by atoms with E-state index in [0.29, 0.717) is 47.9 Å². The van der Waals surface area contributed by atoms with Crippen molar-refractivity contribution >= 4 is 45.3 Å². The summed E-state index contributed by atoms with van der Waals surface area (Å²) in [5.74, 6) is -1.23. The van der Waals surface area contributed by atoms with E-state index in [1.807, 2.05) is 0 Å². The molecule has 0 atom stereocenters. The first kappa shape index (κ1) is 25.4. The van der Waals surface area contributed by atoms with Crippen LogP contribution in [0.5, 0.6) is 5.75 Å². The van der Waals surface area contributed by atoms with Crippen LogP contribution in [0.3, 0.4) is 0 Å². The Hall–Kier alpha value is -4.21. The molecule has 4 aromatic rings. The Morgan fingerprint density at radius 2 is 2.00 bits per heavy atom. The molecule has 1 fully saturated rings. The number of anilines is 2. The molecule has 0 spiro atoms. The Kier molecular flexibility index (Phi) is 7.67. The van der Waals surface area contributed by atoms with E-state index >= 15 is 0 Å². The van der Waals surface area contributed by atoms with Crippen molar-refractivity contribution in [1.29, 1.82) is 0 Å². The lowest BCUT2D eigenvalue weighted by atomic mass is 10.2. The Balaban J connectivity index is 1.24.